The highest BCUT2D eigenvalue weighted by atomic mass is 16.6. The van der Waals surface area contributed by atoms with Crippen molar-refractivity contribution in [3.63, 3.8) is 0 Å². The number of hydrogen-bond donors (Lipinski definition) is 0. The number of esters is 3. The predicted molar refractivity (Wildman–Crippen MR) is 362 cm³/mol. The summed E-state index contributed by atoms with van der Waals surface area (Å²) < 4.78 is 17.0. The van der Waals surface area contributed by atoms with Gasteiger partial charge in [-0.25, -0.2) is 0 Å². The van der Waals surface area contributed by atoms with Crippen LogP contribution in [-0.2, 0) is 28.6 Å². The van der Waals surface area contributed by atoms with E-state index in [9.17, 15) is 14.4 Å². The lowest BCUT2D eigenvalue weighted by atomic mass is 10.0. The molecule has 0 aromatic heterocycles. The van der Waals surface area contributed by atoms with Crippen LogP contribution in [0.1, 0.15) is 329 Å². The molecular formula is C77H130O6. The topological polar surface area (TPSA) is 78.9 Å². The molecular weight excluding hydrogens is 1020 g/mol. The molecule has 0 saturated heterocycles. The molecule has 0 spiro atoms. The Hall–Kier alpha value is -4.19. The minimum Gasteiger partial charge on any atom is -0.462 e. The van der Waals surface area contributed by atoms with Crippen LogP contribution in [-0.4, -0.2) is 37.2 Å². The fourth-order valence-corrected chi connectivity index (χ4v) is 9.68. The fourth-order valence-electron chi connectivity index (χ4n) is 9.68. The fraction of sp³-hybridized carbons (Fsp3) is 0.701. The van der Waals surface area contributed by atoms with E-state index >= 15 is 0 Å². The van der Waals surface area contributed by atoms with Gasteiger partial charge in [-0.15, -0.1) is 0 Å². The smallest absolute Gasteiger partial charge is 0.306 e. The van der Waals surface area contributed by atoms with Crippen molar-refractivity contribution in [1.29, 1.82) is 0 Å². The number of unbranched alkanes of at least 4 members (excludes halogenated alkanes) is 32. The molecule has 0 heterocycles. The van der Waals surface area contributed by atoms with Crippen molar-refractivity contribution in [1.82, 2.24) is 0 Å². The van der Waals surface area contributed by atoms with Gasteiger partial charge in [-0.2, -0.15) is 0 Å². The summed E-state index contributed by atoms with van der Waals surface area (Å²) in [5.41, 5.74) is 0. The first-order valence-corrected chi connectivity index (χ1v) is 35.0. The maximum Gasteiger partial charge on any atom is 0.306 e. The maximum atomic E-state index is 13.0. The molecule has 0 rings (SSSR count). The summed E-state index contributed by atoms with van der Waals surface area (Å²) in [6.07, 6.45) is 97.8. The lowest BCUT2D eigenvalue weighted by molar-refractivity contribution is -0.167. The molecule has 0 aliphatic carbocycles. The molecule has 0 amide bonds. The van der Waals surface area contributed by atoms with E-state index in [0.717, 1.165) is 116 Å². The van der Waals surface area contributed by atoms with Gasteiger partial charge in [0, 0.05) is 19.3 Å². The van der Waals surface area contributed by atoms with E-state index in [4.69, 9.17) is 14.2 Å². The summed E-state index contributed by atoms with van der Waals surface area (Å²) in [6.45, 7) is 6.51. The van der Waals surface area contributed by atoms with Crippen LogP contribution < -0.4 is 0 Å². The van der Waals surface area contributed by atoms with Gasteiger partial charge < -0.3 is 14.2 Å². The molecule has 0 radical (unpaired) electrons. The zero-order chi connectivity index (χ0) is 59.9. The Morgan fingerprint density at radius 2 is 0.470 bits per heavy atom. The van der Waals surface area contributed by atoms with Crippen LogP contribution in [0.4, 0.5) is 0 Å². The summed E-state index contributed by atoms with van der Waals surface area (Å²) >= 11 is 0. The van der Waals surface area contributed by atoms with Gasteiger partial charge in [-0.1, -0.05) is 296 Å². The second-order valence-electron chi connectivity index (χ2n) is 23.1. The zero-order valence-electron chi connectivity index (χ0n) is 54.4. The molecule has 0 saturated carbocycles. The molecule has 0 aliphatic heterocycles. The molecule has 6 nitrogen and oxygen atoms in total. The zero-order valence-corrected chi connectivity index (χ0v) is 54.4. The quantitative estimate of drug-likeness (QED) is 0.0261. The summed E-state index contributed by atoms with van der Waals surface area (Å²) in [5, 5.41) is 0. The van der Waals surface area contributed by atoms with E-state index in [-0.39, 0.29) is 31.1 Å². The van der Waals surface area contributed by atoms with Gasteiger partial charge in [0.1, 0.15) is 13.2 Å². The predicted octanol–water partition coefficient (Wildman–Crippen LogP) is 24.3. The third kappa shape index (κ3) is 68.5. The van der Waals surface area contributed by atoms with Crippen LogP contribution in [0.25, 0.3) is 0 Å². The average molecular weight is 1150 g/mol. The van der Waals surface area contributed by atoms with Crippen LogP contribution in [0.2, 0.25) is 0 Å². The van der Waals surface area contributed by atoms with E-state index in [1.165, 1.54) is 173 Å². The number of rotatable bonds is 63. The second-order valence-corrected chi connectivity index (χ2v) is 23.1. The van der Waals surface area contributed by atoms with Crippen molar-refractivity contribution in [2.45, 2.75) is 335 Å². The van der Waals surface area contributed by atoms with Gasteiger partial charge in [-0.3, -0.25) is 14.4 Å². The van der Waals surface area contributed by atoms with E-state index in [1.54, 1.807) is 0 Å². The van der Waals surface area contributed by atoms with Crippen LogP contribution in [0.5, 0.6) is 0 Å². The normalized spacial score (nSPS) is 12.9. The van der Waals surface area contributed by atoms with Crippen molar-refractivity contribution < 1.29 is 28.6 Å². The highest BCUT2D eigenvalue weighted by Gasteiger charge is 2.19. The molecule has 1 unspecified atom stereocenters. The van der Waals surface area contributed by atoms with Crippen molar-refractivity contribution in [2.24, 2.45) is 0 Å². The second kappa shape index (κ2) is 70.3. The van der Waals surface area contributed by atoms with Gasteiger partial charge in [0.15, 0.2) is 6.10 Å². The van der Waals surface area contributed by atoms with Gasteiger partial charge in [0.2, 0.25) is 0 Å². The highest BCUT2D eigenvalue weighted by Crippen LogP contribution is 2.16. The summed E-state index contributed by atoms with van der Waals surface area (Å²) in [6, 6.07) is 0. The maximum absolute atomic E-state index is 13.0. The van der Waals surface area contributed by atoms with E-state index < -0.39 is 6.10 Å². The first-order chi connectivity index (χ1) is 41.0. The summed E-state index contributed by atoms with van der Waals surface area (Å²) in [7, 11) is 0. The number of allylic oxidation sites excluding steroid dienone is 20. The van der Waals surface area contributed by atoms with Crippen molar-refractivity contribution >= 4 is 17.9 Å². The number of ether oxygens (including phenoxy) is 3. The van der Waals surface area contributed by atoms with E-state index in [1.807, 2.05) is 0 Å². The van der Waals surface area contributed by atoms with Crippen LogP contribution in [0.15, 0.2) is 122 Å². The summed E-state index contributed by atoms with van der Waals surface area (Å²) in [4.78, 5) is 38.5. The molecule has 0 aromatic rings. The molecule has 0 N–H and O–H groups in total. The van der Waals surface area contributed by atoms with Crippen LogP contribution in [0.3, 0.4) is 0 Å². The van der Waals surface area contributed by atoms with Gasteiger partial charge in [0.25, 0.3) is 0 Å². The Balaban J connectivity index is 4.45. The molecule has 474 valence electrons. The van der Waals surface area contributed by atoms with Gasteiger partial charge in [0.05, 0.1) is 0 Å². The third-order valence-corrected chi connectivity index (χ3v) is 14.9. The van der Waals surface area contributed by atoms with E-state index in [2.05, 4.69) is 142 Å². The first-order valence-electron chi connectivity index (χ1n) is 35.0. The largest absolute Gasteiger partial charge is 0.462 e. The Bertz CT molecular complexity index is 1700. The minimum atomic E-state index is -0.800. The monoisotopic (exact) mass is 1150 g/mol. The lowest BCUT2D eigenvalue weighted by Gasteiger charge is -2.18. The molecule has 0 bridgehead atoms. The van der Waals surface area contributed by atoms with Crippen molar-refractivity contribution in [3.05, 3.63) is 122 Å². The molecule has 6 heteroatoms. The number of hydrogen-bond acceptors (Lipinski definition) is 6. The Morgan fingerprint density at radius 3 is 0.759 bits per heavy atom. The number of carbonyl (C=O) groups is 3. The van der Waals surface area contributed by atoms with Gasteiger partial charge >= 0.3 is 17.9 Å². The Morgan fingerprint density at radius 1 is 0.253 bits per heavy atom. The third-order valence-electron chi connectivity index (χ3n) is 14.9. The summed E-state index contributed by atoms with van der Waals surface area (Å²) in [5.74, 6) is -0.923. The Kier molecular flexibility index (Phi) is 66.7. The molecule has 0 aromatic carbocycles. The molecule has 83 heavy (non-hydrogen) atoms. The standard InChI is InChI=1S/C77H130O6/c1-4-7-10-13-16-19-22-25-28-31-33-35-37-38-40-41-43-46-49-52-55-58-61-64-67-70-76(79)82-73-74(72-81-75(78)69-66-63-60-57-54-51-48-45-30-27-24-21-18-15-12-9-6-3)83-77(80)71-68-65-62-59-56-53-50-47-44-42-39-36-34-32-29-26-23-20-17-14-11-8-5-2/h7,10,16,19,23,25-28,30,32-35,38,40,43,46,52,55,74H,4-6,8-9,11-15,17-18,20-22,24,29,31,36-37,39,41-42,44-45,47-51,53-54,56-73H2,1-3H3/b10-7-,19-16-,26-23-,28-25-,30-27-,34-32-,35-33-,40-38-,46-43-,55-52-. The SMILES string of the molecule is CC/C=C\C/C=C\C/C=C\C/C=C\C/C=C\C/C=C\C/C=C\CCCCCC(=O)OCC(COC(=O)CCCCCCCCC/C=C\CCCCCCCC)OC(=O)CCCCCCCCCCCCC/C=C\C/C=C\CCCCCCC. The lowest BCUT2D eigenvalue weighted by Crippen LogP contribution is -2.30. The van der Waals surface area contributed by atoms with Crippen molar-refractivity contribution in [2.75, 3.05) is 13.2 Å². The average Bonchev–Trinajstić information content (AvgIpc) is 3.49. The Labute approximate surface area is 513 Å². The minimum absolute atomic E-state index is 0.0928. The van der Waals surface area contributed by atoms with Crippen LogP contribution in [0, 0.1) is 0 Å². The molecule has 0 aliphatic rings. The first kappa shape index (κ1) is 78.8. The molecule has 0 fully saturated rings. The number of carbonyl (C=O) groups excluding carboxylic acids is 3. The highest BCUT2D eigenvalue weighted by molar-refractivity contribution is 5.71. The van der Waals surface area contributed by atoms with Crippen molar-refractivity contribution in [3.8, 4) is 0 Å². The van der Waals surface area contributed by atoms with Crippen LogP contribution >= 0.6 is 0 Å². The van der Waals surface area contributed by atoms with E-state index in [0.29, 0.717) is 19.3 Å². The van der Waals surface area contributed by atoms with Gasteiger partial charge in [-0.05, 0) is 135 Å². The molecule has 1 atom stereocenters.